The van der Waals surface area contributed by atoms with Crippen LogP contribution in [-0.2, 0) is 6.18 Å². The summed E-state index contributed by atoms with van der Waals surface area (Å²) in [4.78, 5) is 14.8. The molecule has 0 unspecified atom stereocenters. The Hall–Kier alpha value is -2.21. The van der Waals surface area contributed by atoms with Crippen molar-refractivity contribution >= 4 is 27.7 Å². The molecule has 0 amide bonds. The lowest BCUT2D eigenvalue weighted by atomic mass is 10.1. The molecule has 2 aromatic heterocycles. The number of fused-ring (bicyclic) bond motifs is 1. The molecule has 0 bridgehead atoms. The maximum Gasteiger partial charge on any atom is 0.433 e. The molecule has 6 heteroatoms. The number of benzene rings is 1. The van der Waals surface area contributed by atoms with E-state index >= 15 is 0 Å². The average Bonchev–Trinajstić information content (AvgIpc) is 2.88. The minimum Gasteiger partial charge on any atom is -0.297 e. The van der Waals surface area contributed by atoms with Crippen molar-refractivity contribution in [1.82, 2.24) is 4.98 Å². The lowest BCUT2D eigenvalue weighted by Gasteiger charge is -2.06. The Labute approximate surface area is 121 Å². The lowest BCUT2D eigenvalue weighted by Crippen LogP contribution is -2.07. The third-order valence-corrected chi connectivity index (χ3v) is 4.07. The van der Waals surface area contributed by atoms with E-state index in [1.807, 2.05) is 12.1 Å². The first-order valence-corrected chi connectivity index (χ1v) is 6.81. The summed E-state index contributed by atoms with van der Waals surface area (Å²) in [6, 6.07) is 9.62. The highest BCUT2D eigenvalue weighted by molar-refractivity contribution is 7.20. The van der Waals surface area contributed by atoms with Crippen LogP contribution >= 0.6 is 11.3 Å². The molecule has 3 rings (SSSR count). The van der Waals surface area contributed by atoms with Gasteiger partial charge in [0.1, 0.15) is 5.69 Å². The summed E-state index contributed by atoms with van der Waals surface area (Å²) in [6.07, 6.45) is -2.45. The molecule has 0 aliphatic heterocycles. The van der Waals surface area contributed by atoms with Crippen LogP contribution in [-0.4, -0.2) is 11.3 Å². The fourth-order valence-electron chi connectivity index (χ4n) is 2.02. The van der Waals surface area contributed by atoms with Crippen LogP contribution in [0, 0.1) is 0 Å². The fraction of sp³-hybridized carbons (Fsp3) is 0.0667. The predicted molar refractivity (Wildman–Crippen MR) is 75.4 cm³/mol. The van der Waals surface area contributed by atoms with Gasteiger partial charge in [0, 0.05) is 16.5 Å². The van der Waals surface area contributed by atoms with Crippen molar-refractivity contribution < 1.29 is 18.0 Å². The zero-order valence-corrected chi connectivity index (χ0v) is 11.3. The van der Waals surface area contributed by atoms with Gasteiger partial charge in [-0.2, -0.15) is 13.2 Å². The van der Waals surface area contributed by atoms with Gasteiger partial charge in [-0.05, 0) is 29.1 Å². The summed E-state index contributed by atoms with van der Waals surface area (Å²) < 4.78 is 38.3. The minimum atomic E-state index is -4.44. The number of aromatic nitrogens is 1. The van der Waals surface area contributed by atoms with Gasteiger partial charge in [0.05, 0.1) is 4.88 Å². The van der Waals surface area contributed by atoms with Crippen LogP contribution in [0.2, 0.25) is 0 Å². The Morgan fingerprint density at radius 3 is 2.43 bits per heavy atom. The number of carbonyl (C=O) groups is 1. The second-order valence-corrected chi connectivity index (χ2v) is 5.56. The zero-order chi connectivity index (χ0) is 15.0. The van der Waals surface area contributed by atoms with Crippen LogP contribution in [0.15, 0.2) is 42.6 Å². The lowest BCUT2D eigenvalue weighted by molar-refractivity contribution is -0.141. The van der Waals surface area contributed by atoms with Gasteiger partial charge in [-0.1, -0.05) is 18.2 Å². The number of hydrogen-bond acceptors (Lipinski definition) is 3. The largest absolute Gasteiger partial charge is 0.433 e. The summed E-state index contributed by atoms with van der Waals surface area (Å²) in [5, 5.41) is 0.936. The van der Waals surface area contributed by atoms with Gasteiger partial charge in [-0.25, -0.2) is 0 Å². The normalized spacial score (nSPS) is 11.8. The fourth-order valence-corrected chi connectivity index (χ4v) is 2.94. The summed E-state index contributed by atoms with van der Waals surface area (Å²) in [5.74, 6) is 0. The second-order valence-electron chi connectivity index (χ2n) is 4.45. The number of hydrogen-bond donors (Lipinski definition) is 0. The summed E-state index contributed by atoms with van der Waals surface area (Å²) in [5.41, 5.74) is 0.459. The monoisotopic (exact) mass is 307 g/mol. The third kappa shape index (κ3) is 2.67. The molecule has 106 valence electrons. The van der Waals surface area contributed by atoms with E-state index in [-0.39, 0.29) is 0 Å². The molecule has 0 N–H and O–H groups in total. The van der Waals surface area contributed by atoms with Gasteiger partial charge >= 0.3 is 6.18 Å². The Bertz CT molecular complexity index is 806. The van der Waals surface area contributed by atoms with E-state index in [2.05, 4.69) is 4.98 Å². The van der Waals surface area contributed by atoms with Crippen molar-refractivity contribution in [2.24, 2.45) is 0 Å². The van der Waals surface area contributed by atoms with E-state index in [0.29, 0.717) is 10.4 Å². The molecule has 0 fully saturated rings. The van der Waals surface area contributed by atoms with Gasteiger partial charge < -0.3 is 0 Å². The van der Waals surface area contributed by atoms with Crippen LogP contribution in [0.25, 0.3) is 21.2 Å². The smallest absolute Gasteiger partial charge is 0.297 e. The van der Waals surface area contributed by atoms with Gasteiger partial charge in [0.25, 0.3) is 0 Å². The van der Waals surface area contributed by atoms with Gasteiger partial charge in [0.15, 0.2) is 6.29 Å². The number of alkyl halides is 3. The quantitative estimate of drug-likeness (QED) is 0.637. The Kier molecular flexibility index (Phi) is 3.25. The molecule has 0 aliphatic carbocycles. The van der Waals surface area contributed by atoms with E-state index in [1.54, 1.807) is 12.1 Å². The highest BCUT2D eigenvalue weighted by Gasteiger charge is 2.32. The first-order valence-electron chi connectivity index (χ1n) is 6.00. The van der Waals surface area contributed by atoms with Crippen molar-refractivity contribution in [1.29, 1.82) is 0 Å². The molecule has 0 spiro atoms. The standard InChI is InChI=1S/C15H8F3NOS/c16-15(17,18)14-4-3-11(7-19-14)9-1-2-10-5-12(8-20)21-13(10)6-9/h1-8H. The van der Waals surface area contributed by atoms with Crippen LogP contribution in [0.1, 0.15) is 15.4 Å². The van der Waals surface area contributed by atoms with Crippen molar-refractivity contribution in [3.63, 3.8) is 0 Å². The van der Waals surface area contributed by atoms with Crippen LogP contribution in [0.3, 0.4) is 0 Å². The average molecular weight is 307 g/mol. The Balaban J connectivity index is 2.01. The van der Waals surface area contributed by atoms with Crippen molar-refractivity contribution in [2.45, 2.75) is 6.18 Å². The molecule has 0 saturated carbocycles. The predicted octanol–water partition coefficient (Wildman–Crippen LogP) is 4.79. The van der Waals surface area contributed by atoms with E-state index in [0.717, 1.165) is 28.0 Å². The molecular formula is C15H8F3NOS. The zero-order valence-electron chi connectivity index (χ0n) is 10.5. The molecule has 1 aromatic carbocycles. The number of carbonyl (C=O) groups excluding carboxylic acids is 1. The molecule has 0 atom stereocenters. The number of aldehydes is 1. The molecule has 21 heavy (non-hydrogen) atoms. The molecule has 0 saturated heterocycles. The van der Waals surface area contributed by atoms with Gasteiger partial charge in [0.2, 0.25) is 0 Å². The molecule has 2 heterocycles. The van der Waals surface area contributed by atoms with Crippen LogP contribution in [0.5, 0.6) is 0 Å². The molecule has 0 radical (unpaired) electrons. The number of halogens is 3. The molecular weight excluding hydrogens is 299 g/mol. The first kappa shape index (κ1) is 13.8. The molecule has 3 aromatic rings. The maximum absolute atomic E-state index is 12.5. The third-order valence-electron chi connectivity index (χ3n) is 3.04. The summed E-state index contributed by atoms with van der Waals surface area (Å²) >= 11 is 1.35. The Morgan fingerprint density at radius 1 is 1.05 bits per heavy atom. The number of nitrogens with zero attached hydrogens (tertiary/aromatic N) is 1. The minimum absolute atomic E-state index is 0.603. The highest BCUT2D eigenvalue weighted by atomic mass is 32.1. The maximum atomic E-state index is 12.5. The van der Waals surface area contributed by atoms with E-state index in [9.17, 15) is 18.0 Å². The highest BCUT2D eigenvalue weighted by Crippen LogP contribution is 2.31. The van der Waals surface area contributed by atoms with Crippen LogP contribution in [0.4, 0.5) is 13.2 Å². The number of pyridine rings is 1. The van der Waals surface area contributed by atoms with Crippen molar-refractivity contribution in [2.75, 3.05) is 0 Å². The molecule has 2 nitrogen and oxygen atoms in total. The van der Waals surface area contributed by atoms with Crippen molar-refractivity contribution in [3.05, 3.63) is 53.2 Å². The van der Waals surface area contributed by atoms with E-state index in [1.165, 1.54) is 23.6 Å². The summed E-state index contributed by atoms with van der Waals surface area (Å²) in [6.45, 7) is 0. The van der Waals surface area contributed by atoms with Gasteiger partial charge in [-0.15, -0.1) is 11.3 Å². The molecule has 0 aliphatic rings. The van der Waals surface area contributed by atoms with Crippen LogP contribution < -0.4 is 0 Å². The SMILES string of the molecule is O=Cc1cc2ccc(-c3ccc(C(F)(F)F)nc3)cc2s1. The topological polar surface area (TPSA) is 30.0 Å². The number of thiophene rings is 1. The van der Waals surface area contributed by atoms with Gasteiger partial charge in [-0.3, -0.25) is 9.78 Å². The second kappa shape index (κ2) is 4.96. The van der Waals surface area contributed by atoms with Crippen molar-refractivity contribution in [3.8, 4) is 11.1 Å². The van der Waals surface area contributed by atoms with E-state index in [4.69, 9.17) is 0 Å². The van der Waals surface area contributed by atoms with E-state index < -0.39 is 11.9 Å². The summed E-state index contributed by atoms with van der Waals surface area (Å²) in [7, 11) is 0. The Morgan fingerprint density at radius 2 is 1.81 bits per heavy atom. The number of rotatable bonds is 2. The first-order chi connectivity index (χ1) is 9.97.